The number of esters is 1. The third kappa shape index (κ3) is 3.40. The number of hydrogen-bond donors (Lipinski definition) is 0. The van der Waals surface area contributed by atoms with Gasteiger partial charge >= 0.3 is 5.97 Å². The number of aromatic nitrogens is 1. The van der Waals surface area contributed by atoms with Crippen LogP contribution < -0.4 is 4.90 Å². The van der Waals surface area contributed by atoms with Gasteiger partial charge in [-0.15, -0.1) is 0 Å². The predicted octanol–water partition coefficient (Wildman–Crippen LogP) is 1.52. The fourth-order valence-corrected chi connectivity index (χ4v) is 1.81. The molecule has 0 N–H and O–H groups in total. The molecule has 0 aromatic carbocycles. The Morgan fingerprint density at radius 2 is 2.37 bits per heavy atom. The summed E-state index contributed by atoms with van der Waals surface area (Å²) < 4.78 is 4.91. The highest BCUT2D eigenvalue weighted by atomic mass is 16.6. The quantitative estimate of drug-likeness (QED) is 0.440. The van der Waals surface area contributed by atoms with Gasteiger partial charge in [0.05, 0.1) is 17.6 Å². The Hall–Kier alpha value is -2.18. The Morgan fingerprint density at radius 1 is 1.63 bits per heavy atom. The molecule has 0 amide bonds. The van der Waals surface area contributed by atoms with E-state index in [-0.39, 0.29) is 24.2 Å². The number of ether oxygens (including phenoxy) is 1. The molecule has 0 saturated heterocycles. The monoisotopic (exact) mass is 265 g/mol. The van der Waals surface area contributed by atoms with E-state index in [9.17, 15) is 14.9 Å². The van der Waals surface area contributed by atoms with Crippen LogP contribution in [0.2, 0.25) is 0 Å². The van der Waals surface area contributed by atoms with E-state index in [2.05, 4.69) is 4.98 Å². The first kappa shape index (κ1) is 13.3. The molecule has 102 valence electrons. The summed E-state index contributed by atoms with van der Waals surface area (Å²) in [6, 6.07) is 2.94. The average Bonchev–Trinajstić information content (AvgIpc) is 3.20. The first-order chi connectivity index (χ1) is 9.11. The molecule has 1 aromatic rings. The Balaban J connectivity index is 2.16. The van der Waals surface area contributed by atoms with Gasteiger partial charge in [0.1, 0.15) is 12.4 Å². The molecule has 1 aliphatic carbocycles. The van der Waals surface area contributed by atoms with Crippen LogP contribution >= 0.6 is 0 Å². The summed E-state index contributed by atoms with van der Waals surface area (Å²) in [6.07, 6.45) is 3.31. The topological polar surface area (TPSA) is 85.6 Å². The van der Waals surface area contributed by atoms with E-state index in [0.717, 1.165) is 12.8 Å². The van der Waals surface area contributed by atoms with Gasteiger partial charge in [0, 0.05) is 18.3 Å². The minimum atomic E-state index is -0.472. The number of rotatable bonds is 6. The molecule has 1 fully saturated rings. The van der Waals surface area contributed by atoms with Crippen LogP contribution in [-0.2, 0) is 9.53 Å². The molecule has 0 aliphatic heterocycles. The molecule has 19 heavy (non-hydrogen) atoms. The number of carbonyl (C=O) groups excluding carboxylic acids is 1. The Morgan fingerprint density at radius 3 is 2.95 bits per heavy atom. The second-order valence-corrected chi connectivity index (χ2v) is 4.29. The van der Waals surface area contributed by atoms with Crippen molar-refractivity contribution >= 4 is 17.5 Å². The van der Waals surface area contributed by atoms with Gasteiger partial charge in [0.25, 0.3) is 5.69 Å². The van der Waals surface area contributed by atoms with Crippen molar-refractivity contribution in [1.29, 1.82) is 0 Å². The van der Waals surface area contributed by atoms with Gasteiger partial charge in [0.15, 0.2) is 0 Å². The largest absolute Gasteiger partial charge is 0.465 e. The second kappa shape index (κ2) is 5.64. The molecule has 0 spiro atoms. The number of nitrogens with zero attached hydrogens (tertiary/aromatic N) is 3. The lowest BCUT2D eigenvalue weighted by molar-refractivity contribution is -0.384. The van der Waals surface area contributed by atoms with Crippen LogP contribution in [0.15, 0.2) is 18.3 Å². The molecule has 1 heterocycles. The van der Waals surface area contributed by atoms with E-state index in [1.54, 1.807) is 11.8 Å². The molecule has 1 saturated carbocycles. The highest BCUT2D eigenvalue weighted by molar-refractivity contribution is 5.76. The Labute approximate surface area is 110 Å². The highest BCUT2D eigenvalue weighted by Crippen LogP contribution is 2.31. The number of anilines is 1. The normalized spacial score (nSPS) is 13.9. The maximum atomic E-state index is 11.6. The molecule has 7 nitrogen and oxygen atoms in total. The summed E-state index contributed by atoms with van der Waals surface area (Å²) in [6.45, 7) is 2.14. The van der Waals surface area contributed by atoms with E-state index in [0.29, 0.717) is 12.4 Å². The van der Waals surface area contributed by atoms with Crippen molar-refractivity contribution < 1.29 is 14.5 Å². The summed E-state index contributed by atoms with van der Waals surface area (Å²) >= 11 is 0. The zero-order valence-corrected chi connectivity index (χ0v) is 10.6. The zero-order chi connectivity index (χ0) is 13.8. The van der Waals surface area contributed by atoms with Gasteiger partial charge < -0.3 is 9.64 Å². The van der Waals surface area contributed by atoms with Gasteiger partial charge in [-0.05, 0) is 19.8 Å². The molecule has 7 heteroatoms. The summed E-state index contributed by atoms with van der Waals surface area (Å²) in [5, 5.41) is 10.8. The molecule has 2 rings (SSSR count). The van der Waals surface area contributed by atoms with Gasteiger partial charge in [-0.3, -0.25) is 14.9 Å². The maximum Gasteiger partial charge on any atom is 0.325 e. The summed E-state index contributed by atoms with van der Waals surface area (Å²) in [4.78, 5) is 27.7. The highest BCUT2D eigenvalue weighted by Gasteiger charge is 2.32. The van der Waals surface area contributed by atoms with Crippen molar-refractivity contribution in [2.24, 2.45) is 0 Å². The first-order valence-corrected chi connectivity index (χ1v) is 6.14. The van der Waals surface area contributed by atoms with Crippen LogP contribution in [0.5, 0.6) is 0 Å². The SMILES string of the molecule is CCOC(=O)CN(c1cc([N+](=O)[O-])ccn1)C1CC1. The van der Waals surface area contributed by atoms with E-state index >= 15 is 0 Å². The van der Waals surface area contributed by atoms with Crippen LogP contribution in [0.3, 0.4) is 0 Å². The van der Waals surface area contributed by atoms with Gasteiger partial charge in [-0.25, -0.2) is 4.98 Å². The Kier molecular flexibility index (Phi) is 3.94. The first-order valence-electron chi connectivity index (χ1n) is 6.14. The number of nitro groups is 1. The zero-order valence-electron chi connectivity index (χ0n) is 10.6. The van der Waals surface area contributed by atoms with E-state index in [4.69, 9.17) is 4.74 Å². The minimum absolute atomic E-state index is 0.0282. The van der Waals surface area contributed by atoms with Crippen LogP contribution in [-0.4, -0.2) is 35.1 Å². The average molecular weight is 265 g/mol. The maximum absolute atomic E-state index is 11.6. The predicted molar refractivity (Wildman–Crippen MR) is 67.9 cm³/mol. The fourth-order valence-electron chi connectivity index (χ4n) is 1.81. The minimum Gasteiger partial charge on any atom is -0.465 e. The van der Waals surface area contributed by atoms with Crippen LogP contribution in [0.25, 0.3) is 0 Å². The third-order valence-electron chi connectivity index (χ3n) is 2.83. The standard InChI is InChI=1S/C12H15N3O4/c1-2-19-12(16)8-14(9-3-4-9)11-7-10(15(17)18)5-6-13-11/h5-7,9H,2-4,8H2,1H3. The second-order valence-electron chi connectivity index (χ2n) is 4.29. The van der Waals surface area contributed by atoms with Crippen LogP contribution in [0.4, 0.5) is 11.5 Å². The molecule has 1 aliphatic rings. The molecule has 0 unspecified atom stereocenters. The Bertz CT molecular complexity index is 488. The molecule has 0 atom stereocenters. The van der Waals surface area contributed by atoms with Crippen molar-refractivity contribution in [3.8, 4) is 0 Å². The fraction of sp³-hybridized carbons (Fsp3) is 0.500. The van der Waals surface area contributed by atoms with Crippen LogP contribution in [0, 0.1) is 10.1 Å². The van der Waals surface area contributed by atoms with Crippen molar-refractivity contribution in [3.05, 3.63) is 28.4 Å². The molecular weight excluding hydrogens is 250 g/mol. The number of hydrogen-bond acceptors (Lipinski definition) is 6. The van der Waals surface area contributed by atoms with Crippen molar-refractivity contribution in [2.75, 3.05) is 18.1 Å². The van der Waals surface area contributed by atoms with Gasteiger partial charge in [-0.2, -0.15) is 0 Å². The molecule has 0 bridgehead atoms. The molecule has 1 aromatic heterocycles. The lowest BCUT2D eigenvalue weighted by atomic mass is 10.3. The molecular formula is C12H15N3O4. The summed E-state index contributed by atoms with van der Waals surface area (Å²) in [5.41, 5.74) is -0.0282. The van der Waals surface area contributed by atoms with Crippen molar-refractivity contribution in [2.45, 2.75) is 25.8 Å². The van der Waals surface area contributed by atoms with Crippen LogP contribution in [0.1, 0.15) is 19.8 Å². The number of pyridine rings is 1. The third-order valence-corrected chi connectivity index (χ3v) is 2.83. The van der Waals surface area contributed by atoms with E-state index in [1.165, 1.54) is 18.3 Å². The summed E-state index contributed by atoms with van der Waals surface area (Å²) in [7, 11) is 0. The van der Waals surface area contributed by atoms with E-state index in [1.807, 2.05) is 0 Å². The van der Waals surface area contributed by atoms with Gasteiger partial charge in [-0.1, -0.05) is 0 Å². The summed E-state index contributed by atoms with van der Waals surface area (Å²) in [5.74, 6) is 0.104. The van der Waals surface area contributed by atoms with Crippen molar-refractivity contribution in [3.63, 3.8) is 0 Å². The van der Waals surface area contributed by atoms with E-state index < -0.39 is 4.92 Å². The van der Waals surface area contributed by atoms with Crippen molar-refractivity contribution in [1.82, 2.24) is 4.98 Å². The van der Waals surface area contributed by atoms with Gasteiger partial charge in [0.2, 0.25) is 0 Å². The molecule has 0 radical (unpaired) electrons. The smallest absolute Gasteiger partial charge is 0.325 e. The number of carbonyl (C=O) groups is 1. The lowest BCUT2D eigenvalue weighted by Gasteiger charge is -2.21. The lowest BCUT2D eigenvalue weighted by Crippen LogP contribution is -2.33.